The molecule has 2 aromatic rings. The fourth-order valence-electron chi connectivity index (χ4n) is 2.29. The maximum absolute atomic E-state index is 12.3. The number of hydrogen-bond donors (Lipinski definition) is 1. The van der Waals surface area contributed by atoms with Crippen LogP contribution in [0.3, 0.4) is 0 Å². The molecular weight excluding hydrogens is 310 g/mol. The lowest BCUT2D eigenvalue weighted by Gasteiger charge is -2.20. The summed E-state index contributed by atoms with van der Waals surface area (Å²) in [6.45, 7) is 2.61. The molecule has 6 heteroatoms. The average molecular weight is 327 g/mol. The third kappa shape index (κ3) is 3.48. The Bertz CT molecular complexity index is 759. The van der Waals surface area contributed by atoms with Gasteiger partial charge in [0.1, 0.15) is 19.0 Å². The van der Waals surface area contributed by atoms with Crippen LogP contribution in [0.5, 0.6) is 17.2 Å². The van der Waals surface area contributed by atoms with Gasteiger partial charge in [0.2, 0.25) is 0 Å². The molecule has 0 fully saturated rings. The van der Waals surface area contributed by atoms with Crippen LogP contribution < -0.4 is 19.5 Å². The first-order valence-electron chi connectivity index (χ1n) is 7.59. The Morgan fingerprint density at radius 1 is 1.17 bits per heavy atom. The van der Waals surface area contributed by atoms with Crippen molar-refractivity contribution >= 4 is 17.9 Å². The topological polar surface area (TPSA) is 73.9 Å². The average Bonchev–Trinajstić information content (AvgIpc) is 2.62. The molecule has 2 aromatic carbocycles. The molecule has 0 aromatic heterocycles. The first-order chi connectivity index (χ1) is 11.7. The number of nitrogens with one attached hydrogen (secondary N) is 1. The highest BCUT2D eigenvalue weighted by atomic mass is 16.6. The summed E-state index contributed by atoms with van der Waals surface area (Å²) in [5.74, 6) is 1.30. The molecule has 3 rings (SSSR count). The van der Waals surface area contributed by atoms with Crippen molar-refractivity contribution in [3.05, 3.63) is 48.0 Å². The van der Waals surface area contributed by atoms with Gasteiger partial charge in [-0.25, -0.2) is 0 Å². The molecule has 1 aliphatic rings. The van der Waals surface area contributed by atoms with Gasteiger partial charge in [-0.3, -0.25) is 9.59 Å². The van der Waals surface area contributed by atoms with E-state index in [0.717, 1.165) is 0 Å². The van der Waals surface area contributed by atoms with Crippen LogP contribution in [0.15, 0.2) is 42.5 Å². The van der Waals surface area contributed by atoms with Crippen LogP contribution in [0.2, 0.25) is 0 Å². The Balaban J connectivity index is 1.67. The van der Waals surface area contributed by atoms with E-state index in [0.29, 0.717) is 48.0 Å². The summed E-state index contributed by atoms with van der Waals surface area (Å²) in [5, 5.41) is 2.76. The lowest BCUT2D eigenvalue weighted by atomic mass is 10.2. The smallest absolute Gasteiger partial charge is 0.265 e. The van der Waals surface area contributed by atoms with Gasteiger partial charge >= 0.3 is 0 Å². The minimum absolute atomic E-state index is 0.327. The van der Waals surface area contributed by atoms with Gasteiger partial charge in [-0.2, -0.15) is 0 Å². The normalized spacial score (nSPS) is 13.7. The summed E-state index contributed by atoms with van der Waals surface area (Å²) in [6, 6.07) is 11.9. The van der Waals surface area contributed by atoms with Crippen molar-refractivity contribution < 1.29 is 23.8 Å². The monoisotopic (exact) mass is 327 g/mol. The van der Waals surface area contributed by atoms with E-state index in [1.807, 2.05) is 0 Å². The molecule has 1 atom stereocenters. The Labute approximate surface area is 139 Å². The number of para-hydroxylation sites is 1. The molecule has 124 valence electrons. The lowest BCUT2D eigenvalue weighted by molar-refractivity contribution is -0.122. The highest BCUT2D eigenvalue weighted by Crippen LogP contribution is 2.32. The summed E-state index contributed by atoms with van der Waals surface area (Å²) in [7, 11) is 0. The molecular formula is C18H17NO5. The molecule has 0 spiro atoms. The van der Waals surface area contributed by atoms with Gasteiger partial charge in [0.05, 0.1) is 5.56 Å². The number of carbonyl (C=O) groups is 2. The molecule has 0 bridgehead atoms. The van der Waals surface area contributed by atoms with E-state index in [9.17, 15) is 9.59 Å². The van der Waals surface area contributed by atoms with Crippen LogP contribution in [-0.4, -0.2) is 31.5 Å². The van der Waals surface area contributed by atoms with E-state index in [4.69, 9.17) is 14.2 Å². The highest BCUT2D eigenvalue weighted by molar-refractivity contribution is 5.94. The second-order valence-electron chi connectivity index (χ2n) is 5.26. The van der Waals surface area contributed by atoms with Gasteiger partial charge < -0.3 is 19.5 Å². The minimum Gasteiger partial charge on any atom is -0.486 e. The number of hydrogen-bond acceptors (Lipinski definition) is 5. The standard InChI is InChI=1S/C18H17NO5/c1-12(24-15-5-3-2-4-13(15)11-20)18(21)19-14-6-7-16-17(10-14)23-9-8-22-16/h2-7,10-12H,8-9H2,1H3,(H,19,21)/t12-/m1/s1. The number of fused-ring (bicyclic) bond motifs is 1. The summed E-state index contributed by atoms with van der Waals surface area (Å²) < 4.78 is 16.5. The predicted octanol–water partition coefficient (Wildman–Crippen LogP) is 2.68. The number of benzene rings is 2. The molecule has 0 radical (unpaired) electrons. The Morgan fingerprint density at radius 2 is 1.92 bits per heavy atom. The SMILES string of the molecule is C[C@@H](Oc1ccccc1C=O)C(=O)Nc1ccc2c(c1)OCCO2. The fourth-order valence-corrected chi connectivity index (χ4v) is 2.29. The van der Waals surface area contributed by atoms with E-state index < -0.39 is 6.10 Å². The fraction of sp³-hybridized carbons (Fsp3) is 0.222. The first kappa shape index (κ1) is 15.9. The number of amides is 1. The molecule has 0 aliphatic carbocycles. The summed E-state index contributed by atoms with van der Waals surface area (Å²) >= 11 is 0. The van der Waals surface area contributed by atoms with Gasteiger partial charge in [-0.15, -0.1) is 0 Å². The van der Waals surface area contributed by atoms with Crippen molar-refractivity contribution in [2.24, 2.45) is 0 Å². The largest absolute Gasteiger partial charge is 0.486 e. The second kappa shape index (κ2) is 7.04. The van der Waals surface area contributed by atoms with E-state index in [1.54, 1.807) is 49.4 Å². The van der Waals surface area contributed by atoms with Crippen LogP contribution in [-0.2, 0) is 4.79 Å². The van der Waals surface area contributed by atoms with E-state index in [-0.39, 0.29) is 5.91 Å². The maximum Gasteiger partial charge on any atom is 0.265 e. The zero-order chi connectivity index (χ0) is 16.9. The zero-order valence-corrected chi connectivity index (χ0v) is 13.2. The van der Waals surface area contributed by atoms with Crippen molar-refractivity contribution in [3.63, 3.8) is 0 Å². The summed E-state index contributed by atoms with van der Waals surface area (Å²) in [5.41, 5.74) is 0.986. The quantitative estimate of drug-likeness (QED) is 0.855. The molecule has 0 unspecified atom stereocenters. The van der Waals surface area contributed by atoms with Crippen molar-refractivity contribution in [2.75, 3.05) is 18.5 Å². The van der Waals surface area contributed by atoms with Gasteiger partial charge in [0.15, 0.2) is 23.9 Å². The third-order valence-electron chi connectivity index (χ3n) is 3.53. The van der Waals surface area contributed by atoms with Crippen molar-refractivity contribution in [1.29, 1.82) is 0 Å². The van der Waals surface area contributed by atoms with Gasteiger partial charge in [0, 0.05) is 11.8 Å². The lowest BCUT2D eigenvalue weighted by Crippen LogP contribution is -2.30. The number of anilines is 1. The molecule has 1 N–H and O–H groups in total. The zero-order valence-electron chi connectivity index (χ0n) is 13.2. The third-order valence-corrected chi connectivity index (χ3v) is 3.53. The molecule has 1 aliphatic heterocycles. The van der Waals surface area contributed by atoms with Gasteiger partial charge in [0.25, 0.3) is 5.91 Å². The highest BCUT2D eigenvalue weighted by Gasteiger charge is 2.18. The number of ether oxygens (including phenoxy) is 3. The Morgan fingerprint density at radius 3 is 2.71 bits per heavy atom. The maximum atomic E-state index is 12.3. The first-order valence-corrected chi connectivity index (χ1v) is 7.59. The Hall–Kier alpha value is -3.02. The molecule has 24 heavy (non-hydrogen) atoms. The summed E-state index contributed by atoms with van der Waals surface area (Å²) in [4.78, 5) is 23.3. The van der Waals surface area contributed by atoms with E-state index in [2.05, 4.69) is 5.32 Å². The van der Waals surface area contributed by atoms with Gasteiger partial charge in [-0.05, 0) is 31.2 Å². The van der Waals surface area contributed by atoms with Crippen LogP contribution in [0, 0.1) is 0 Å². The minimum atomic E-state index is -0.765. The predicted molar refractivity (Wildman–Crippen MR) is 88.0 cm³/mol. The molecule has 0 saturated heterocycles. The number of carbonyl (C=O) groups excluding carboxylic acids is 2. The van der Waals surface area contributed by atoms with Crippen LogP contribution in [0.4, 0.5) is 5.69 Å². The van der Waals surface area contributed by atoms with Crippen LogP contribution in [0.1, 0.15) is 17.3 Å². The van der Waals surface area contributed by atoms with Crippen molar-refractivity contribution in [3.8, 4) is 17.2 Å². The Kier molecular flexibility index (Phi) is 4.65. The number of aldehydes is 1. The van der Waals surface area contributed by atoms with Gasteiger partial charge in [-0.1, -0.05) is 12.1 Å². The van der Waals surface area contributed by atoms with Crippen LogP contribution in [0.25, 0.3) is 0 Å². The van der Waals surface area contributed by atoms with E-state index in [1.165, 1.54) is 0 Å². The van der Waals surface area contributed by atoms with E-state index >= 15 is 0 Å². The molecule has 0 saturated carbocycles. The summed E-state index contributed by atoms with van der Waals surface area (Å²) in [6.07, 6.45) is -0.0693. The number of rotatable bonds is 5. The molecule has 6 nitrogen and oxygen atoms in total. The van der Waals surface area contributed by atoms with Crippen molar-refractivity contribution in [2.45, 2.75) is 13.0 Å². The molecule has 1 amide bonds. The van der Waals surface area contributed by atoms with Crippen LogP contribution >= 0.6 is 0 Å². The molecule has 1 heterocycles. The second-order valence-corrected chi connectivity index (χ2v) is 5.26. The van der Waals surface area contributed by atoms with Crippen molar-refractivity contribution in [1.82, 2.24) is 0 Å².